The molecule has 11 heteroatoms. The average Bonchev–Trinajstić information content (AvgIpc) is 3.70. The summed E-state index contributed by atoms with van der Waals surface area (Å²) in [6.07, 6.45) is 0.269. The van der Waals surface area contributed by atoms with E-state index in [2.05, 4.69) is 10.2 Å². The maximum absolute atomic E-state index is 16.0. The second kappa shape index (κ2) is 14.5. The minimum Gasteiger partial charge on any atom is -0.368 e. The Balaban J connectivity index is 1.69. The summed E-state index contributed by atoms with van der Waals surface area (Å²) in [4.78, 5) is 17.8. The van der Waals surface area contributed by atoms with Crippen molar-refractivity contribution in [3.05, 3.63) is 81.3 Å². The van der Waals surface area contributed by atoms with Crippen LogP contribution in [0.1, 0.15) is 80.7 Å². The molecular weight excluding hydrogens is 638 g/mol. The van der Waals surface area contributed by atoms with Gasteiger partial charge < -0.3 is 30.1 Å². The lowest BCUT2D eigenvalue weighted by Gasteiger charge is -2.43. The summed E-state index contributed by atoms with van der Waals surface area (Å²) in [5.41, 5.74) is 2.14. The quantitative estimate of drug-likeness (QED) is 0.156. The fourth-order valence-electron chi connectivity index (χ4n) is 6.82. The van der Waals surface area contributed by atoms with Crippen molar-refractivity contribution in [2.75, 3.05) is 33.8 Å². The van der Waals surface area contributed by atoms with Crippen LogP contribution < -0.4 is 5.32 Å². The summed E-state index contributed by atoms with van der Waals surface area (Å²) in [6, 6.07) is 4.61. The molecule has 2 aromatic carbocycles. The smallest absolute Gasteiger partial charge is 0.368 e. The molecule has 4 rings (SSSR count). The molecule has 0 spiro atoms. The normalized spacial score (nSPS) is 22.3. The highest BCUT2D eigenvalue weighted by Crippen LogP contribution is 2.41. The molecule has 3 unspecified atom stereocenters. The van der Waals surface area contributed by atoms with Gasteiger partial charge in [-0.1, -0.05) is 13.8 Å². The number of carbonyl (C=O) groups is 1. The maximum atomic E-state index is 16.0. The Labute approximate surface area is 287 Å². The van der Waals surface area contributed by atoms with Crippen LogP contribution in [-0.2, 0) is 15.7 Å². The highest BCUT2D eigenvalue weighted by Gasteiger charge is 2.45. The first-order chi connectivity index (χ1) is 22.6. The molecule has 2 aromatic rings. The molecule has 2 aliphatic rings. The van der Waals surface area contributed by atoms with E-state index in [4.69, 9.17) is 4.74 Å². The van der Waals surface area contributed by atoms with Crippen molar-refractivity contribution in [3.8, 4) is 11.1 Å². The van der Waals surface area contributed by atoms with Crippen molar-refractivity contribution >= 4 is 5.91 Å². The number of aryl methyl sites for hydroxylation is 3. The van der Waals surface area contributed by atoms with Gasteiger partial charge in [0.15, 0.2) is 11.5 Å². The van der Waals surface area contributed by atoms with E-state index in [1.54, 1.807) is 50.8 Å². The van der Waals surface area contributed by atoms with Crippen molar-refractivity contribution < 1.29 is 37.3 Å². The summed E-state index contributed by atoms with van der Waals surface area (Å²) in [5, 5.41) is 25.3. The third-order valence-corrected chi connectivity index (χ3v) is 9.41. The number of benzene rings is 2. The van der Waals surface area contributed by atoms with Gasteiger partial charge in [-0.3, -0.25) is 4.79 Å². The van der Waals surface area contributed by atoms with Gasteiger partial charge in [0.1, 0.15) is 18.5 Å². The standard InChI is InChI=1S/C38H51F4N3O4/c1-22(2)12-32(45-20-27(10-11-44(8)9)26(6)17-36(45,7)47)35(46)43-19-29(18-37(48)21-49-37)31-16-28(13-25(5)34(31)39)33-23(3)14-30(15-24(33)4)38(40,41)42/h13-17,20,22,29,32,47-48H,10-12,18-19,21H2,1-9H3,(H,43,46)/t29-,32?,36?,37?/m1/s1. The largest absolute Gasteiger partial charge is 0.416 e. The summed E-state index contributed by atoms with van der Waals surface area (Å²) >= 11 is 0. The molecule has 270 valence electrons. The Morgan fingerprint density at radius 2 is 1.67 bits per heavy atom. The molecule has 7 nitrogen and oxygen atoms in total. The zero-order chi connectivity index (χ0) is 36.6. The number of amides is 1. The molecule has 1 fully saturated rings. The van der Waals surface area contributed by atoms with Gasteiger partial charge in [-0.2, -0.15) is 13.2 Å². The number of nitrogens with one attached hydrogen (secondary N) is 1. The van der Waals surface area contributed by atoms with Gasteiger partial charge in [-0.15, -0.1) is 0 Å². The molecule has 2 heterocycles. The average molecular weight is 690 g/mol. The third kappa shape index (κ3) is 9.31. The first-order valence-electron chi connectivity index (χ1n) is 16.8. The Morgan fingerprint density at radius 1 is 1.06 bits per heavy atom. The molecule has 0 aromatic heterocycles. The molecule has 49 heavy (non-hydrogen) atoms. The number of hydrogen-bond donors (Lipinski definition) is 3. The number of carbonyl (C=O) groups excluding carboxylic acids is 1. The van der Waals surface area contributed by atoms with E-state index in [-0.39, 0.29) is 42.5 Å². The van der Waals surface area contributed by atoms with E-state index >= 15 is 4.39 Å². The van der Waals surface area contributed by atoms with E-state index < -0.39 is 41.0 Å². The number of aliphatic hydroxyl groups is 2. The van der Waals surface area contributed by atoms with Gasteiger partial charge >= 0.3 is 6.18 Å². The highest BCUT2D eigenvalue weighted by atomic mass is 19.4. The number of hydrogen-bond acceptors (Lipinski definition) is 6. The molecule has 3 N–H and O–H groups in total. The van der Waals surface area contributed by atoms with Gasteiger partial charge in [0.25, 0.3) is 0 Å². The molecule has 1 amide bonds. The van der Waals surface area contributed by atoms with Gasteiger partial charge in [-0.05, 0) is 142 Å². The lowest BCUT2D eigenvalue weighted by Crippen LogP contribution is -2.55. The Morgan fingerprint density at radius 3 is 2.20 bits per heavy atom. The molecular formula is C38H51F4N3O4. The third-order valence-electron chi connectivity index (χ3n) is 9.41. The second-order valence-electron chi connectivity index (χ2n) is 14.7. The van der Waals surface area contributed by atoms with E-state index in [0.29, 0.717) is 28.7 Å². The van der Waals surface area contributed by atoms with Crippen LogP contribution in [0.4, 0.5) is 17.6 Å². The van der Waals surface area contributed by atoms with E-state index in [9.17, 15) is 28.2 Å². The molecule has 4 atom stereocenters. The molecule has 0 radical (unpaired) electrons. The predicted molar refractivity (Wildman–Crippen MR) is 183 cm³/mol. The summed E-state index contributed by atoms with van der Waals surface area (Å²) in [6.45, 7) is 13.2. The van der Waals surface area contributed by atoms with Crippen LogP contribution in [0.15, 0.2) is 47.7 Å². The van der Waals surface area contributed by atoms with Crippen molar-refractivity contribution in [1.82, 2.24) is 15.1 Å². The first-order valence-corrected chi connectivity index (χ1v) is 16.8. The Bertz CT molecular complexity index is 1590. The number of nitrogens with zero attached hydrogens (tertiary/aromatic N) is 2. The van der Waals surface area contributed by atoms with Crippen molar-refractivity contribution in [1.29, 1.82) is 0 Å². The summed E-state index contributed by atoms with van der Waals surface area (Å²) < 4.78 is 61.8. The summed E-state index contributed by atoms with van der Waals surface area (Å²) in [5.74, 6) is -3.00. The van der Waals surface area contributed by atoms with Gasteiger partial charge in [0.05, 0.1) is 5.56 Å². The van der Waals surface area contributed by atoms with Gasteiger partial charge in [-0.25, -0.2) is 4.39 Å². The number of alkyl halides is 3. The molecule has 1 saturated heterocycles. The van der Waals surface area contributed by atoms with Crippen LogP contribution in [0.25, 0.3) is 11.1 Å². The zero-order valence-electron chi connectivity index (χ0n) is 30.1. The highest BCUT2D eigenvalue weighted by molar-refractivity contribution is 5.82. The molecule has 0 bridgehead atoms. The Kier molecular flexibility index (Phi) is 11.4. The molecule has 2 aliphatic heterocycles. The number of rotatable bonds is 13. The van der Waals surface area contributed by atoms with Crippen LogP contribution in [0, 0.1) is 32.5 Å². The minimum atomic E-state index is -4.51. The predicted octanol–water partition coefficient (Wildman–Crippen LogP) is 6.97. The van der Waals surface area contributed by atoms with E-state index in [1.165, 1.54) is 0 Å². The fraction of sp³-hybridized carbons (Fsp3) is 0.553. The van der Waals surface area contributed by atoms with Crippen molar-refractivity contribution in [2.45, 2.75) is 97.4 Å². The SMILES string of the molecule is CC1=CC(C)(O)N(C(CC(C)C)C(=O)NC[C@@H](CC2(O)CO2)c2cc(-c3c(C)cc(C(F)(F)F)cc3C)cc(C)c2F)C=C1CCN(C)C. The van der Waals surface area contributed by atoms with Crippen LogP contribution in [0.3, 0.4) is 0 Å². The second-order valence-corrected chi connectivity index (χ2v) is 14.7. The number of allylic oxidation sites excluding steroid dienone is 1. The van der Waals surface area contributed by atoms with Gasteiger partial charge in [0.2, 0.25) is 5.91 Å². The Hall–Kier alpha value is -3.25. The molecule has 0 saturated carbocycles. The van der Waals surface area contributed by atoms with Crippen molar-refractivity contribution in [3.63, 3.8) is 0 Å². The van der Waals surface area contributed by atoms with Crippen LogP contribution in [0.5, 0.6) is 0 Å². The zero-order valence-corrected chi connectivity index (χ0v) is 30.1. The lowest BCUT2D eigenvalue weighted by molar-refractivity contribution is -0.137. The topological polar surface area (TPSA) is 88.6 Å². The fourth-order valence-corrected chi connectivity index (χ4v) is 6.82. The van der Waals surface area contributed by atoms with Crippen LogP contribution >= 0.6 is 0 Å². The van der Waals surface area contributed by atoms with E-state index in [0.717, 1.165) is 36.2 Å². The first kappa shape index (κ1) is 38.6. The number of ether oxygens (including phenoxy) is 1. The maximum Gasteiger partial charge on any atom is 0.416 e. The minimum absolute atomic E-state index is 0.00906. The van der Waals surface area contributed by atoms with Crippen molar-refractivity contribution in [2.24, 2.45) is 5.92 Å². The monoisotopic (exact) mass is 689 g/mol. The number of epoxide rings is 1. The van der Waals surface area contributed by atoms with Crippen LogP contribution in [-0.4, -0.2) is 77.3 Å². The van der Waals surface area contributed by atoms with Gasteiger partial charge in [0, 0.05) is 31.6 Å². The van der Waals surface area contributed by atoms with Crippen LogP contribution in [0.2, 0.25) is 0 Å². The number of halogens is 4. The molecule has 0 aliphatic carbocycles. The lowest BCUT2D eigenvalue weighted by atomic mass is 9.86. The van der Waals surface area contributed by atoms with E-state index in [1.807, 2.05) is 41.1 Å². The summed E-state index contributed by atoms with van der Waals surface area (Å²) in [7, 11) is 3.97.